The smallest absolute Gasteiger partial charge is 0.443 e. The Bertz CT molecular complexity index is 761. The molecular weight excluding hydrogens is 411 g/mol. The first-order valence-corrected chi connectivity index (χ1v) is 10.8. The molecule has 1 rings (SSSR count). The molecule has 3 N–H and O–H groups in total. The van der Waals surface area contributed by atoms with Crippen LogP contribution in [-0.4, -0.2) is 70.6 Å². The van der Waals surface area contributed by atoms with Gasteiger partial charge in [0.25, 0.3) is 5.91 Å². The lowest BCUT2D eigenvalue weighted by molar-refractivity contribution is -0.133. The summed E-state index contributed by atoms with van der Waals surface area (Å²) in [5, 5.41) is 25.7. The van der Waals surface area contributed by atoms with Crippen LogP contribution in [0.4, 0.5) is 4.79 Å². The molecule has 0 unspecified atom stereocenters. The lowest BCUT2D eigenvalue weighted by Gasteiger charge is -2.28. The number of hydrazone groups is 1. The molecule has 0 heterocycles. The Labute approximate surface area is 191 Å². The van der Waals surface area contributed by atoms with E-state index in [0.717, 1.165) is 0 Å². The largest absolute Gasteiger partial charge is 0.488 e. The monoisotopic (exact) mass is 448 g/mol. The van der Waals surface area contributed by atoms with Gasteiger partial charge in [0.15, 0.2) is 0 Å². The molecule has 0 aliphatic heterocycles. The maximum atomic E-state index is 13.0. The van der Waals surface area contributed by atoms with E-state index < -0.39 is 18.8 Å². The number of carbonyl (C=O) groups is 2. The van der Waals surface area contributed by atoms with Gasteiger partial charge in [0.2, 0.25) is 0 Å². The fraction of sp³-hybridized carbons (Fsp3) is 0.591. The summed E-state index contributed by atoms with van der Waals surface area (Å²) in [4.78, 5) is 25.2. The quantitative estimate of drug-likeness (QED) is 0.285. The van der Waals surface area contributed by atoms with Crippen LogP contribution in [-0.2, 0) is 9.53 Å². The van der Waals surface area contributed by atoms with Crippen molar-refractivity contribution in [3.05, 3.63) is 29.8 Å². The van der Waals surface area contributed by atoms with Gasteiger partial charge >= 0.3 is 13.2 Å². The Morgan fingerprint density at radius 2 is 1.66 bits per heavy atom. The van der Waals surface area contributed by atoms with Gasteiger partial charge in [-0.1, -0.05) is 52.0 Å². The first-order chi connectivity index (χ1) is 14.8. The summed E-state index contributed by atoms with van der Waals surface area (Å²) in [5.74, 6) is 0.120. The summed E-state index contributed by atoms with van der Waals surface area (Å²) in [6.45, 7) is 14.1. The number of nitrogens with one attached hydrogen (secondary N) is 1. The predicted octanol–water partition coefficient (Wildman–Crippen LogP) is 1.58. The Morgan fingerprint density at radius 1 is 1.09 bits per heavy atom. The standard InChI is InChI=1S/C22H37BN4O5/c1-16(2)13-26(25-21(29)32-22(5,6)7)15-20(28)27(14-17(3)4)24-12-18-8-10-19(11-9-18)23(30)31/h8-12,16-17,30-31H,13-15H2,1-7H3,(H,25,29)/b24-12+. The van der Waals surface area contributed by atoms with Crippen LogP contribution in [0.25, 0.3) is 0 Å². The summed E-state index contributed by atoms with van der Waals surface area (Å²) >= 11 is 0. The van der Waals surface area contributed by atoms with Crippen molar-refractivity contribution >= 4 is 30.8 Å². The third kappa shape index (κ3) is 11.3. The van der Waals surface area contributed by atoms with E-state index in [4.69, 9.17) is 4.74 Å². The molecule has 0 aliphatic carbocycles. The summed E-state index contributed by atoms with van der Waals surface area (Å²) < 4.78 is 5.31. The van der Waals surface area contributed by atoms with Gasteiger partial charge < -0.3 is 14.8 Å². The Hall–Kier alpha value is -2.43. The number of hydrogen-bond donors (Lipinski definition) is 3. The molecule has 0 atom stereocenters. The molecule has 0 fully saturated rings. The molecule has 1 aromatic carbocycles. The molecule has 0 saturated carbocycles. The van der Waals surface area contributed by atoms with E-state index in [-0.39, 0.29) is 24.3 Å². The number of rotatable bonds is 10. The normalized spacial score (nSPS) is 12.0. The maximum Gasteiger partial charge on any atom is 0.488 e. The minimum absolute atomic E-state index is 0.0584. The van der Waals surface area contributed by atoms with Crippen LogP contribution in [0.2, 0.25) is 0 Å². The number of hydrogen-bond acceptors (Lipinski definition) is 7. The molecule has 2 amide bonds. The van der Waals surface area contributed by atoms with Crippen LogP contribution < -0.4 is 10.9 Å². The van der Waals surface area contributed by atoms with Crippen LogP contribution in [0.1, 0.15) is 54.0 Å². The van der Waals surface area contributed by atoms with Gasteiger partial charge in [0.05, 0.1) is 12.8 Å². The van der Waals surface area contributed by atoms with Crippen molar-refractivity contribution < 1.29 is 24.4 Å². The molecule has 9 nitrogen and oxygen atoms in total. The molecule has 0 bridgehead atoms. The number of carbonyl (C=O) groups excluding carboxylic acids is 2. The summed E-state index contributed by atoms with van der Waals surface area (Å²) in [6, 6.07) is 6.53. The molecule has 10 heteroatoms. The van der Waals surface area contributed by atoms with E-state index in [1.807, 2.05) is 27.7 Å². The summed E-state index contributed by atoms with van der Waals surface area (Å²) in [6.07, 6.45) is 0.929. The van der Waals surface area contributed by atoms with Gasteiger partial charge in [-0.05, 0) is 43.6 Å². The van der Waals surface area contributed by atoms with Crippen LogP contribution >= 0.6 is 0 Å². The SMILES string of the molecule is CC(C)CN(CC(=O)N(CC(C)C)/N=C/c1ccc(B(O)O)cc1)NC(=O)OC(C)(C)C. The highest BCUT2D eigenvalue weighted by molar-refractivity contribution is 6.58. The average molecular weight is 448 g/mol. The van der Waals surface area contributed by atoms with Crippen LogP contribution in [0, 0.1) is 11.8 Å². The van der Waals surface area contributed by atoms with Crippen LogP contribution in [0.3, 0.4) is 0 Å². The number of hydrazine groups is 1. The molecule has 1 aromatic rings. The molecule has 0 aliphatic rings. The highest BCUT2D eigenvalue weighted by Gasteiger charge is 2.23. The van der Waals surface area contributed by atoms with Crippen molar-refractivity contribution in [2.75, 3.05) is 19.6 Å². The van der Waals surface area contributed by atoms with Gasteiger partial charge in [0, 0.05) is 13.1 Å². The Kier molecular flexibility index (Phi) is 10.8. The lowest BCUT2D eigenvalue weighted by atomic mass is 9.80. The number of nitrogens with zero attached hydrogens (tertiary/aromatic N) is 3. The third-order valence-corrected chi connectivity index (χ3v) is 3.97. The van der Waals surface area contributed by atoms with Gasteiger partial charge in [-0.15, -0.1) is 0 Å². The average Bonchev–Trinajstić information content (AvgIpc) is 2.62. The molecular formula is C22H37BN4O5. The highest BCUT2D eigenvalue weighted by Crippen LogP contribution is 2.08. The molecule has 0 spiro atoms. The number of ether oxygens (including phenoxy) is 1. The Balaban J connectivity index is 2.93. The molecule has 0 saturated heterocycles. The fourth-order valence-corrected chi connectivity index (χ4v) is 2.72. The van der Waals surface area contributed by atoms with Gasteiger partial charge in [-0.3, -0.25) is 10.2 Å². The zero-order chi connectivity index (χ0) is 24.5. The van der Waals surface area contributed by atoms with E-state index >= 15 is 0 Å². The van der Waals surface area contributed by atoms with E-state index in [2.05, 4.69) is 10.5 Å². The molecule has 0 aromatic heterocycles. The Morgan fingerprint density at radius 3 is 2.12 bits per heavy atom. The lowest BCUT2D eigenvalue weighted by Crippen LogP contribution is -2.50. The summed E-state index contributed by atoms with van der Waals surface area (Å²) in [7, 11) is -1.54. The second-order valence-electron chi connectivity index (χ2n) is 9.54. The van der Waals surface area contributed by atoms with Crippen LogP contribution in [0.15, 0.2) is 29.4 Å². The fourth-order valence-electron chi connectivity index (χ4n) is 2.72. The third-order valence-electron chi connectivity index (χ3n) is 3.97. The van der Waals surface area contributed by atoms with E-state index in [1.54, 1.807) is 56.3 Å². The van der Waals surface area contributed by atoms with Gasteiger partial charge in [0.1, 0.15) is 5.60 Å². The zero-order valence-electron chi connectivity index (χ0n) is 20.2. The zero-order valence-corrected chi connectivity index (χ0v) is 20.2. The minimum Gasteiger partial charge on any atom is -0.443 e. The molecule has 0 radical (unpaired) electrons. The van der Waals surface area contributed by atoms with Gasteiger partial charge in [-0.2, -0.15) is 5.10 Å². The van der Waals surface area contributed by atoms with Crippen molar-refractivity contribution in [1.82, 2.24) is 15.4 Å². The van der Waals surface area contributed by atoms with E-state index in [0.29, 0.717) is 24.1 Å². The first kappa shape index (κ1) is 27.6. The van der Waals surface area contributed by atoms with Crippen molar-refractivity contribution in [2.24, 2.45) is 16.9 Å². The number of benzene rings is 1. The van der Waals surface area contributed by atoms with E-state index in [1.165, 1.54) is 5.01 Å². The minimum atomic E-state index is -1.54. The highest BCUT2D eigenvalue weighted by atomic mass is 16.6. The summed E-state index contributed by atoms with van der Waals surface area (Å²) in [5.41, 5.74) is 3.09. The van der Waals surface area contributed by atoms with Crippen LogP contribution in [0.5, 0.6) is 0 Å². The molecule has 32 heavy (non-hydrogen) atoms. The predicted molar refractivity (Wildman–Crippen MR) is 126 cm³/mol. The second-order valence-corrected chi connectivity index (χ2v) is 9.54. The second kappa shape index (κ2) is 12.6. The van der Waals surface area contributed by atoms with Crippen molar-refractivity contribution in [1.29, 1.82) is 0 Å². The van der Waals surface area contributed by atoms with E-state index in [9.17, 15) is 19.6 Å². The number of amides is 2. The van der Waals surface area contributed by atoms with Crippen molar-refractivity contribution in [3.63, 3.8) is 0 Å². The van der Waals surface area contributed by atoms with Crippen molar-refractivity contribution in [2.45, 2.75) is 54.1 Å². The first-order valence-electron chi connectivity index (χ1n) is 10.8. The maximum absolute atomic E-state index is 13.0. The topological polar surface area (TPSA) is 115 Å². The van der Waals surface area contributed by atoms with Crippen molar-refractivity contribution in [3.8, 4) is 0 Å². The van der Waals surface area contributed by atoms with Gasteiger partial charge in [-0.25, -0.2) is 14.8 Å². The molecule has 178 valence electrons.